The minimum Gasteiger partial charge on any atom is -0.383 e. The van der Waals surface area contributed by atoms with Crippen molar-refractivity contribution in [1.29, 1.82) is 0 Å². The molecule has 1 unspecified atom stereocenters. The Bertz CT molecular complexity index is 1360. The normalized spacial score (nSPS) is 13.5. The molecule has 0 saturated carbocycles. The number of aliphatic hydroxyl groups is 1. The number of fused-ring (bicyclic) bond motifs is 1. The predicted molar refractivity (Wildman–Crippen MR) is 132 cm³/mol. The maximum atomic E-state index is 13.2. The highest BCUT2D eigenvalue weighted by Crippen LogP contribution is 2.42. The van der Waals surface area contributed by atoms with Crippen LogP contribution in [0.5, 0.6) is 0 Å². The van der Waals surface area contributed by atoms with Crippen LogP contribution in [0.25, 0.3) is 21.2 Å². The Morgan fingerprint density at radius 1 is 1.00 bits per heavy atom. The number of hydrogen-bond acceptors (Lipinski definition) is 4. The number of halogens is 3. The van der Waals surface area contributed by atoms with Crippen molar-refractivity contribution in [2.75, 3.05) is 20.3 Å². The molecule has 0 aliphatic rings. The van der Waals surface area contributed by atoms with Gasteiger partial charge in [-0.05, 0) is 59.3 Å². The number of carbonyl (C=O) groups is 1. The number of amides is 1. The number of alkyl halides is 3. The number of nitrogens with one attached hydrogen (secondary N) is 1. The van der Waals surface area contributed by atoms with Gasteiger partial charge in [0.1, 0.15) is 5.60 Å². The molecule has 0 bridgehead atoms. The second kappa shape index (κ2) is 9.81. The zero-order valence-corrected chi connectivity index (χ0v) is 20.0. The van der Waals surface area contributed by atoms with Gasteiger partial charge in [0.2, 0.25) is 0 Å². The lowest BCUT2D eigenvalue weighted by Gasteiger charge is -2.23. The average Bonchev–Trinajstić information content (AvgIpc) is 3.29. The summed E-state index contributed by atoms with van der Waals surface area (Å²) in [6, 6.07) is 19.5. The predicted octanol–water partition coefficient (Wildman–Crippen LogP) is 6.22. The van der Waals surface area contributed by atoms with Crippen LogP contribution in [0, 0.1) is 0 Å². The SMILES string of the molecule is COCCNC(=O)c1cccc(-c2cccc3cc(C(C)(O)c4cccc(C(F)(F)F)c4)sc23)c1. The lowest BCUT2D eigenvalue weighted by molar-refractivity contribution is -0.137. The number of carbonyl (C=O) groups excluding carboxylic acids is 1. The van der Waals surface area contributed by atoms with E-state index in [1.54, 1.807) is 31.4 Å². The topological polar surface area (TPSA) is 58.6 Å². The highest BCUT2D eigenvalue weighted by Gasteiger charge is 2.34. The van der Waals surface area contributed by atoms with E-state index in [4.69, 9.17) is 4.74 Å². The minimum atomic E-state index is -4.50. The number of rotatable bonds is 7. The lowest BCUT2D eigenvalue weighted by atomic mass is 9.92. The summed E-state index contributed by atoms with van der Waals surface area (Å²) >= 11 is 1.32. The Hall–Kier alpha value is -3.20. The second-order valence-electron chi connectivity index (χ2n) is 8.31. The van der Waals surface area contributed by atoms with Crippen LogP contribution in [0.15, 0.2) is 72.8 Å². The third kappa shape index (κ3) is 5.24. The van der Waals surface area contributed by atoms with E-state index in [9.17, 15) is 23.1 Å². The van der Waals surface area contributed by atoms with Crippen molar-refractivity contribution >= 4 is 27.3 Å². The first-order valence-electron chi connectivity index (χ1n) is 10.9. The van der Waals surface area contributed by atoms with E-state index in [0.29, 0.717) is 23.6 Å². The zero-order chi connectivity index (χ0) is 25.2. The first-order chi connectivity index (χ1) is 16.6. The maximum absolute atomic E-state index is 13.2. The Morgan fingerprint density at radius 2 is 1.71 bits per heavy atom. The van der Waals surface area contributed by atoms with Gasteiger partial charge in [-0.25, -0.2) is 0 Å². The summed E-state index contributed by atoms with van der Waals surface area (Å²) in [6.07, 6.45) is -4.50. The van der Waals surface area contributed by atoms with Gasteiger partial charge in [-0.15, -0.1) is 11.3 Å². The van der Waals surface area contributed by atoms with Crippen LogP contribution in [0.2, 0.25) is 0 Å². The minimum absolute atomic E-state index is 0.162. The molecule has 8 heteroatoms. The van der Waals surface area contributed by atoms with Gasteiger partial charge < -0.3 is 15.2 Å². The van der Waals surface area contributed by atoms with E-state index in [-0.39, 0.29) is 11.5 Å². The summed E-state index contributed by atoms with van der Waals surface area (Å²) in [6.45, 7) is 2.31. The quantitative estimate of drug-likeness (QED) is 0.297. The summed E-state index contributed by atoms with van der Waals surface area (Å²) < 4.78 is 45.5. The first kappa shape index (κ1) is 24.9. The summed E-state index contributed by atoms with van der Waals surface area (Å²) in [5.41, 5.74) is -0.0749. The molecule has 1 heterocycles. The van der Waals surface area contributed by atoms with Gasteiger partial charge in [0.15, 0.2) is 0 Å². The molecule has 3 aromatic carbocycles. The molecule has 35 heavy (non-hydrogen) atoms. The monoisotopic (exact) mass is 499 g/mol. The summed E-state index contributed by atoms with van der Waals surface area (Å²) in [7, 11) is 1.56. The Labute approximate surface area is 205 Å². The molecule has 1 amide bonds. The molecule has 0 saturated heterocycles. The fourth-order valence-electron chi connectivity index (χ4n) is 3.87. The Balaban J connectivity index is 1.72. The molecule has 2 N–H and O–H groups in total. The highest BCUT2D eigenvalue weighted by atomic mass is 32.1. The van der Waals surface area contributed by atoms with Crippen molar-refractivity contribution in [3.8, 4) is 11.1 Å². The van der Waals surface area contributed by atoms with Gasteiger partial charge in [0.05, 0.1) is 12.2 Å². The van der Waals surface area contributed by atoms with Crippen LogP contribution in [0.3, 0.4) is 0 Å². The molecule has 0 radical (unpaired) electrons. The molecule has 0 fully saturated rings. The maximum Gasteiger partial charge on any atom is 0.416 e. The van der Waals surface area contributed by atoms with Crippen molar-refractivity contribution in [1.82, 2.24) is 5.32 Å². The average molecular weight is 500 g/mol. The van der Waals surface area contributed by atoms with Gasteiger partial charge in [-0.1, -0.05) is 42.5 Å². The number of methoxy groups -OCH3 is 1. The van der Waals surface area contributed by atoms with Crippen LogP contribution in [-0.4, -0.2) is 31.3 Å². The van der Waals surface area contributed by atoms with E-state index < -0.39 is 17.3 Å². The molecule has 4 aromatic rings. The van der Waals surface area contributed by atoms with Gasteiger partial charge >= 0.3 is 6.18 Å². The van der Waals surface area contributed by atoms with Crippen LogP contribution >= 0.6 is 11.3 Å². The summed E-state index contributed by atoms with van der Waals surface area (Å²) in [5.74, 6) is -0.213. The fourth-order valence-corrected chi connectivity index (χ4v) is 5.13. The van der Waals surface area contributed by atoms with Gasteiger partial charge in [0, 0.05) is 28.8 Å². The third-order valence-electron chi connectivity index (χ3n) is 5.80. The molecule has 1 aromatic heterocycles. The molecule has 0 spiro atoms. The van der Waals surface area contributed by atoms with Gasteiger partial charge in [0.25, 0.3) is 5.91 Å². The molecule has 182 valence electrons. The van der Waals surface area contributed by atoms with Gasteiger partial charge in [-0.3, -0.25) is 4.79 Å². The van der Waals surface area contributed by atoms with Crippen LogP contribution in [0.1, 0.15) is 33.3 Å². The smallest absolute Gasteiger partial charge is 0.383 e. The molecule has 1 atom stereocenters. The van der Waals surface area contributed by atoms with Crippen molar-refractivity contribution in [3.05, 3.63) is 94.4 Å². The Kier molecular flexibility index (Phi) is 6.98. The molecular formula is C27H24F3NO3S. The first-order valence-corrected chi connectivity index (χ1v) is 11.7. The third-order valence-corrected chi connectivity index (χ3v) is 7.20. The van der Waals surface area contributed by atoms with E-state index >= 15 is 0 Å². The molecule has 0 aliphatic heterocycles. The zero-order valence-electron chi connectivity index (χ0n) is 19.1. The summed E-state index contributed by atoms with van der Waals surface area (Å²) in [4.78, 5) is 13.0. The van der Waals surface area contributed by atoms with Crippen molar-refractivity contribution < 1.29 is 27.8 Å². The number of ether oxygens (including phenoxy) is 1. The van der Waals surface area contributed by atoms with Crippen LogP contribution in [0.4, 0.5) is 13.2 Å². The van der Waals surface area contributed by atoms with Gasteiger partial charge in [-0.2, -0.15) is 13.2 Å². The molecule has 4 nitrogen and oxygen atoms in total. The van der Waals surface area contributed by atoms with Crippen LogP contribution in [-0.2, 0) is 16.5 Å². The standard InChI is InChI=1S/C27H24F3NO3S/c1-26(33,20-9-5-10-21(16-20)27(28,29)30)23-15-18-7-4-11-22(24(18)35-23)17-6-3-8-19(14-17)25(32)31-12-13-34-2/h3-11,14-16,33H,12-13H2,1-2H3,(H,31,32). The second-order valence-corrected chi connectivity index (χ2v) is 9.37. The lowest BCUT2D eigenvalue weighted by Crippen LogP contribution is -2.26. The van der Waals surface area contributed by atoms with E-state index in [1.807, 2.05) is 24.3 Å². The fraction of sp³-hybridized carbons (Fsp3) is 0.222. The largest absolute Gasteiger partial charge is 0.416 e. The van der Waals surface area contributed by atoms with E-state index in [2.05, 4.69) is 5.32 Å². The van der Waals surface area contributed by atoms with Crippen LogP contribution < -0.4 is 5.32 Å². The number of benzene rings is 3. The molecule has 4 rings (SSSR count). The number of hydrogen-bond donors (Lipinski definition) is 2. The molecular weight excluding hydrogens is 475 g/mol. The summed E-state index contributed by atoms with van der Waals surface area (Å²) in [5, 5.41) is 15.0. The Morgan fingerprint density at radius 3 is 2.46 bits per heavy atom. The molecule has 0 aliphatic carbocycles. The number of thiophene rings is 1. The van der Waals surface area contributed by atoms with E-state index in [1.165, 1.54) is 30.4 Å². The van der Waals surface area contributed by atoms with Crippen molar-refractivity contribution in [3.63, 3.8) is 0 Å². The highest BCUT2D eigenvalue weighted by molar-refractivity contribution is 7.19. The van der Waals surface area contributed by atoms with Crippen molar-refractivity contribution in [2.45, 2.75) is 18.7 Å². The van der Waals surface area contributed by atoms with E-state index in [0.717, 1.165) is 33.3 Å². The van der Waals surface area contributed by atoms with Crippen molar-refractivity contribution in [2.24, 2.45) is 0 Å².